The van der Waals surface area contributed by atoms with E-state index in [0.29, 0.717) is 17.2 Å². The second-order valence-corrected chi connectivity index (χ2v) is 5.19. The highest BCUT2D eigenvalue weighted by atomic mass is 32.1. The molecule has 2 rings (SSSR count). The quantitative estimate of drug-likeness (QED) is 0.710. The van der Waals surface area contributed by atoms with Crippen molar-refractivity contribution < 1.29 is 4.74 Å². The number of thiophene rings is 1. The maximum atomic E-state index is 8.84. The Morgan fingerprint density at radius 3 is 2.93 bits per heavy atom. The largest absolute Gasteiger partial charge is 0.397 e. The zero-order chi connectivity index (χ0) is 10.3. The van der Waals surface area contributed by atoms with Crippen molar-refractivity contribution in [1.82, 2.24) is 0 Å². The Morgan fingerprint density at radius 2 is 2.29 bits per heavy atom. The molecule has 0 bridgehead atoms. The molecule has 0 saturated carbocycles. The molecule has 0 saturated heterocycles. The summed E-state index contributed by atoms with van der Waals surface area (Å²) >= 11 is 1.45. The lowest BCUT2D eigenvalue weighted by Gasteiger charge is -2.30. The summed E-state index contributed by atoms with van der Waals surface area (Å²) in [4.78, 5) is 1.73. The number of nitriles is 1. The number of nitrogens with zero attached hydrogens (tertiary/aromatic N) is 1. The molecule has 74 valence electrons. The van der Waals surface area contributed by atoms with E-state index >= 15 is 0 Å². The van der Waals surface area contributed by atoms with Gasteiger partial charge in [-0.15, -0.1) is 11.3 Å². The SMILES string of the molecule is CC1(C)Cc2c(sc(C#N)c2N)CO1. The number of ether oxygens (including phenoxy) is 1. The van der Waals surface area contributed by atoms with E-state index in [4.69, 9.17) is 15.7 Å². The Hall–Kier alpha value is -1.05. The minimum Gasteiger partial charge on any atom is -0.397 e. The van der Waals surface area contributed by atoms with Gasteiger partial charge >= 0.3 is 0 Å². The minimum absolute atomic E-state index is 0.158. The van der Waals surface area contributed by atoms with E-state index in [-0.39, 0.29) is 5.60 Å². The zero-order valence-corrected chi connectivity index (χ0v) is 9.07. The van der Waals surface area contributed by atoms with Gasteiger partial charge in [-0.25, -0.2) is 0 Å². The smallest absolute Gasteiger partial charge is 0.128 e. The lowest BCUT2D eigenvalue weighted by atomic mass is 9.95. The molecule has 1 aromatic heterocycles. The van der Waals surface area contributed by atoms with Gasteiger partial charge in [0.1, 0.15) is 10.9 Å². The Bertz CT molecular complexity index is 414. The zero-order valence-electron chi connectivity index (χ0n) is 8.26. The third kappa shape index (κ3) is 1.39. The van der Waals surface area contributed by atoms with Gasteiger partial charge in [-0.05, 0) is 19.4 Å². The summed E-state index contributed by atoms with van der Waals surface area (Å²) in [7, 11) is 0. The average Bonchev–Trinajstić information content (AvgIpc) is 2.42. The summed E-state index contributed by atoms with van der Waals surface area (Å²) in [6, 6.07) is 2.12. The Morgan fingerprint density at radius 1 is 1.57 bits per heavy atom. The lowest BCUT2D eigenvalue weighted by molar-refractivity contribution is -0.0380. The first-order valence-electron chi connectivity index (χ1n) is 4.47. The number of nitrogen functional groups attached to an aromatic ring is 1. The first-order valence-corrected chi connectivity index (χ1v) is 5.29. The Labute approximate surface area is 87.1 Å². The van der Waals surface area contributed by atoms with Gasteiger partial charge in [-0.2, -0.15) is 5.26 Å². The van der Waals surface area contributed by atoms with E-state index in [0.717, 1.165) is 16.9 Å². The van der Waals surface area contributed by atoms with Crippen molar-refractivity contribution in [2.45, 2.75) is 32.5 Å². The van der Waals surface area contributed by atoms with Gasteiger partial charge in [-0.1, -0.05) is 0 Å². The van der Waals surface area contributed by atoms with Crippen molar-refractivity contribution in [2.75, 3.05) is 5.73 Å². The predicted molar refractivity (Wildman–Crippen MR) is 56.0 cm³/mol. The molecule has 0 unspecified atom stereocenters. The van der Waals surface area contributed by atoms with Crippen LogP contribution in [0.3, 0.4) is 0 Å². The van der Waals surface area contributed by atoms with Crippen LogP contribution in [-0.4, -0.2) is 5.60 Å². The summed E-state index contributed by atoms with van der Waals surface area (Å²) in [6.45, 7) is 4.66. The molecule has 3 nitrogen and oxygen atoms in total. The molecule has 0 aliphatic carbocycles. The van der Waals surface area contributed by atoms with E-state index in [1.165, 1.54) is 11.3 Å². The van der Waals surface area contributed by atoms with Gasteiger partial charge in [-0.3, -0.25) is 0 Å². The monoisotopic (exact) mass is 208 g/mol. The van der Waals surface area contributed by atoms with Gasteiger partial charge in [0.2, 0.25) is 0 Å². The fourth-order valence-electron chi connectivity index (χ4n) is 1.66. The molecule has 0 spiro atoms. The van der Waals surface area contributed by atoms with Crippen molar-refractivity contribution >= 4 is 17.0 Å². The van der Waals surface area contributed by atoms with Gasteiger partial charge in [0.15, 0.2) is 0 Å². The summed E-state index contributed by atoms with van der Waals surface area (Å²) in [5.74, 6) is 0. The number of nitrogens with two attached hydrogens (primary N) is 1. The summed E-state index contributed by atoms with van der Waals surface area (Å²) in [5, 5.41) is 8.84. The van der Waals surface area contributed by atoms with Crippen LogP contribution in [0.15, 0.2) is 0 Å². The second-order valence-electron chi connectivity index (χ2n) is 4.08. The summed E-state index contributed by atoms with van der Waals surface area (Å²) < 4.78 is 5.65. The van der Waals surface area contributed by atoms with Crippen LogP contribution in [0.5, 0.6) is 0 Å². The summed E-state index contributed by atoms with van der Waals surface area (Å²) in [6.07, 6.45) is 0.798. The number of fused-ring (bicyclic) bond motifs is 1. The fraction of sp³-hybridized carbons (Fsp3) is 0.500. The maximum Gasteiger partial charge on any atom is 0.128 e. The first-order chi connectivity index (χ1) is 6.53. The van der Waals surface area contributed by atoms with Gasteiger partial charge < -0.3 is 10.5 Å². The average molecular weight is 208 g/mol. The topological polar surface area (TPSA) is 59.0 Å². The molecule has 1 aliphatic rings. The third-order valence-electron chi connectivity index (χ3n) is 2.43. The molecule has 2 heterocycles. The Balaban J connectivity index is 2.48. The molecule has 4 heteroatoms. The molecule has 0 fully saturated rings. The highest BCUT2D eigenvalue weighted by Gasteiger charge is 2.30. The standard InChI is InChI=1S/C10H12N2OS/c1-10(2)3-6-8(5-13-10)14-7(4-11)9(6)12/h3,5,12H2,1-2H3. The van der Waals surface area contributed by atoms with Crippen molar-refractivity contribution in [3.8, 4) is 6.07 Å². The van der Waals surface area contributed by atoms with Crippen molar-refractivity contribution in [3.05, 3.63) is 15.3 Å². The highest BCUT2D eigenvalue weighted by molar-refractivity contribution is 7.13. The van der Waals surface area contributed by atoms with E-state index in [1.807, 2.05) is 13.8 Å². The van der Waals surface area contributed by atoms with Crippen molar-refractivity contribution in [2.24, 2.45) is 0 Å². The lowest BCUT2D eigenvalue weighted by Crippen LogP contribution is -2.31. The molecule has 0 radical (unpaired) electrons. The maximum absolute atomic E-state index is 8.84. The number of rotatable bonds is 0. The van der Waals surface area contributed by atoms with Crippen LogP contribution in [0, 0.1) is 11.3 Å². The molecular weight excluding hydrogens is 196 g/mol. The number of hydrogen-bond acceptors (Lipinski definition) is 4. The van der Waals surface area contributed by atoms with Gasteiger partial charge in [0.25, 0.3) is 0 Å². The molecule has 2 N–H and O–H groups in total. The molecule has 0 amide bonds. The van der Waals surface area contributed by atoms with Crippen LogP contribution in [0.2, 0.25) is 0 Å². The Kier molecular flexibility index (Phi) is 2.02. The van der Waals surface area contributed by atoms with Crippen LogP contribution in [0.25, 0.3) is 0 Å². The molecule has 1 aromatic rings. The minimum atomic E-state index is -0.158. The summed E-state index contributed by atoms with van der Waals surface area (Å²) in [5.41, 5.74) is 7.50. The van der Waals surface area contributed by atoms with E-state index in [2.05, 4.69) is 6.07 Å². The molecule has 0 atom stereocenters. The van der Waals surface area contributed by atoms with Crippen LogP contribution in [-0.2, 0) is 17.8 Å². The van der Waals surface area contributed by atoms with Gasteiger partial charge in [0.05, 0.1) is 17.9 Å². The predicted octanol–water partition coefficient (Wildman–Crippen LogP) is 2.05. The van der Waals surface area contributed by atoms with Crippen LogP contribution in [0.4, 0.5) is 5.69 Å². The second kappa shape index (κ2) is 2.97. The normalized spacial score (nSPS) is 18.6. The van der Waals surface area contributed by atoms with Crippen LogP contribution in [0.1, 0.15) is 29.2 Å². The molecule has 0 aromatic carbocycles. The molecule has 1 aliphatic heterocycles. The van der Waals surface area contributed by atoms with E-state index < -0.39 is 0 Å². The number of anilines is 1. The highest BCUT2D eigenvalue weighted by Crippen LogP contribution is 2.38. The van der Waals surface area contributed by atoms with E-state index in [1.54, 1.807) is 0 Å². The molecular formula is C10H12N2OS. The fourth-order valence-corrected chi connectivity index (χ4v) is 2.61. The first kappa shape index (κ1) is 9.50. The van der Waals surface area contributed by atoms with Crippen molar-refractivity contribution in [3.63, 3.8) is 0 Å². The van der Waals surface area contributed by atoms with Crippen LogP contribution >= 0.6 is 11.3 Å². The third-order valence-corrected chi connectivity index (χ3v) is 3.56. The van der Waals surface area contributed by atoms with Gasteiger partial charge in [0, 0.05) is 11.3 Å². The van der Waals surface area contributed by atoms with E-state index in [9.17, 15) is 0 Å². The number of hydrogen-bond donors (Lipinski definition) is 1. The molecule has 14 heavy (non-hydrogen) atoms. The van der Waals surface area contributed by atoms with Crippen molar-refractivity contribution in [1.29, 1.82) is 5.26 Å². The van der Waals surface area contributed by atoms with Crippen LogP contribution < -0.4 is 5.73 Å².